The van der Waals surface area contributed by atoms with Crippen molar-refractivity contribution in [2.75, 3.05) is 5.73 Å². The Morgan fingerprint density at radius 1 is 1.44 bits per heavy atom. The van der Waals surface area contributed by atoms with E-state index in [-0.39, 0.29) is 0 Å². The maximum absolute atomic E-state index is 5.94. The lowest BCUT2D eigenvalue weighted by Crippen LogP contribution is -2.25. The molecule has 1 heterocycles. The maximum atomic E-state index is 5.94. The first-order chi connectivity index (χ1) is 7.77. The minimum absolute atomic E-state index is 0.397. The Morgan fingerprint density at radius 2 is 2.25 bits per heavy atom. The number of rotatable bonds is 3. The predicted octanol–water partition coefficient (Wildman–Crippen LogP) is 2.76. The lowest BCUT2D eigenvalue weighted by Gasteiger charge is -2.28. The average molecular weight is 220 g/mol. The number of anilines is 1. The van der Waals surface area contributed by atoms with Gasteiger partial charge >= 0.3 is 0 Å². The highest BCUT2D eigenvalue weighted by Gasteiger charge is 2.21. The van der Waals surface area contributed by atoms with Crippen LogP contribution in [0.4, 0.5) is 5.82 Å². The molecule has 0 bridgehead atoms. The van der Waals surface area contributed by atoms with Gasteiger partial charge in [0.15, 0.2) is 0 Å². The van der Waals surface area contributed by atoms with E-state index in [0.717, 1.165) is 5.56 Å². The largest absolute Gasteiger partial charge is 0.383 e. The minimum Gasteiger partial charge on any atom is -0.383 e. The van der Waals surface area contributed by atoms with Crippen LogP contribution in [0, 0.1) is 5.92 Å². The summed E-state index contributed by atoms with van der Waals surface area (Å²) in [5.74, 6) is 1.26. The van der Waals surface area contributed by atoms with E-state index < -0.39 is 0 Å². The van der Waals surface area contributed by atoms with E-state index in [1.807, 2.05) is 12.1 Å². The molecule has 2 unspecified atom stereocenters. The zero-order chi connectivity index (χ0) is 11.4. The standard InChI is InChI=1S/C13H20N2O/c1-10-5-2-3-7-12(10)16-9-11-6-4-8-15-13(11)14/h4,6,8,10,12H,2-3,5,7,9H2,1H3,(H2,14,15). The van der Waals surface area contributed by atoms with Gasteiger partial charge in [0, 0.05) is 11.8 Å². The fourth-order valence-corrected chi connectivity index (χ4v) is 2.30. The van der Waals surface area contributed by atoms with Gasteiger partial charge in [-0.1, -0.05) is 25.8 Å². The molecule has 1 saturated carbocycles. The van der Waals surface area contributed by atoms with Crippen molar-refractivity contribution in [1.29, 1.82) is 0 Å². The first-order valence-electron chi connectivity index (χ1n) is 6.08. The molecule has 0 spiro atoms. The van der Waals surface area contributed by atoms with E-state index in [4.69, 9.17) is 10.5 Å². The number of nitrogen functional groups attached to an aromatic ring is 1. The molecule has 0 saturated heterocycles. The van der Waals surface area contributed by atoms with Gasteiger partial charge in [0.05, 0.1) is 12.7 Å². The van der Waals surface area contributed by atoms with Gasteiger partial charge in [0.25, 0.3) is 0 Å². The van der Waals surface area contributed by atoms with E-state index in [9.17, 15) is 0 Å². The van der Waals surface area contributed by atoms with Crippen molar-refractivity contribution in [1.82, 2.24) is 4.98 Å². The minimum atomic E-state index is 0.397. The summed E-state index contributed by atoms with van der Waals surface area (Å²) in [5.41, 5.74) is 6.78. The zero-order valence-corrected chi connectivity index (χ0v) is 9.86. The predicted molar refractivity (Wildman–Crippen MR) is 64.9 cm³/mol. The van der Waals surface area contributed by atoms with Crippen LogP contribution in [0.5, 0.6) is 0 Å². The number of hydrogen-bond acceptors (Lipinski definition) is 3. The third kappa shape index (κ3) is 2.73. The van der Waals surface area contributed by atoms with E-state index in [2.05, 4.69) is 11.9 Å². The van der Waals surface area contributed by atoms with E-state index >= 15 is 0 Å². The Hall–Kier alpha value is -1.09. The normalized spacial score (nSPS) is 25.6. The first kappa shape index (κ1) is 11.4. The average Bonchev–Trinajstić information content (AvgIpc) is 2.30. The Bertz CT molecular complexity index is 340. The second-order valence-electron chi connectivity index (χ2n) is 4.66. The smallest absolute Gasteiger partial charge is 0.128 e. The third-order valence-corrected chi connectivity index (χ3v) is 3.41. The molecular formula is C13H20N2O. The monoisotopic (exact) mass is 220 g/mol. The van der Waals surface area contributed by atoms with Gasteiger partial charge in [-0.25, -0.2) is 4.98 Å². The van der Waals surface area contributed by atoms with Gasteiger partial charge in [0.2, 0.25) is 0 Å². The first-order valence-corrected chi connectivity index (χ1v) is 6.08. The number of pyridine rings is 1. The molecule has 1 aromatic heterocycles. The topological polar surface area (TPSA) is 48.1 Å². The van der Waals surface area contributed by atoms with Gasteiger partial charge in [-0.15, -0.1) is 0 Å². The number of nitrogens with two attached hydrogens (primary N) is 1. The van der Waals surface area contributed by atoms with Crippen molar-refractivity contribution >= 4 is 5.82 Å². The van der Waals surface area contributed by atoms with Crippen LogP contribution in [0.25, 0.3) is 0 Å². The van der Waals surface area contributed by atoms with E-state index in [1.165, 1.54) is 25.7 Å². The molecule has 16 heavy (non-hydrogen) atoms. The Kier molecular flexibility index (Phi) is 3.78. The Balaban J connectivity index is 1.89. The highest BCUT2D eigenvalue weighted by molar-refractivity contribution is 5.37. The molecule has 2 atom stereocenters. The summed E-state index contributed by atoms with van der Waals surface area (Å²) in [6.45, 7) is 2.87. The molecule has 3 heteroatoms. The molecule has 1 aliphatic rings. The Labute approximate surface area is 97.0 Å². The van der Waals surface area contributed by atoms with Crippen molar-refractivity contribution in [3.05, 3.63) is 23.9 Å². The number of nitrogens with zero attached hydrogens (tertiary/aromatic N) is 1. The molecule has 2 N–H and O–H groups in total. The van der Waals surface area contributed by atoms with Gasteiger partial charge < -0.3 is 10.5 Å². The van der Waals surface area contributed by atoms with Crippen molar-refractivity contribution in [2.24, 2.45) is 5.92 Å². The van der Waals surface area contributed by atoms with Gasteiger partial charge in [-0.3, -0.25) is 0 Å². The molecule has 1 fully saturated rings. The lowest BCUT2D eigenvalue weighted by molar-refractivity contribution is -0.0153. The summed E-state index contributed by atoms with van der Waals surface area (Å²) < 4.78 is 5.94. The summed E-state index contributed by atoms with van der Waals surface area (Å²) in [4.78, 5) is 4.06. The molecule has 1 aromatic rings. The van der Waals surface area contributed by atoms with Crippen LogP contribution in [-0.4, -0.2) is 11.1 Å². The molecular weight excluding hydrogens is 200 g/mol. The summed E-state index contributed by atoms with van der Waals surface area (Å²) >= 11 is 0. The van der Waals surface area contributed by atoms with Crippen LogP contribution >= 0.6 is 0 Å². The van der Waals surface area contributed by atoms with E-state index in [0.29, 0.717) is 24.4 Å². The summed E-state index contributed by atoms with van der Waals surface area (Å²) in [6.07, 6.45) is 7.21. The number of ether oxygens (including phenoxy) is 1. The van der Waals surface area contributed by atoms with Crippen LogP contribution in [0.3, 0.4) is 0 Å². The SMILES string of the molecule is CC1CCCCC1OCc1cccnc1N. The van der Waals surface area contributed by atoms with Crippen molar-refractivity contribution in [2.45, 2.75) is 45.3 Å². The fourth-order valence-electron chi connectivity index (χ4n) is 2.30. The van der Waals surface area contributed by atoms with Crippen molar-refractivity contribution in [3.63, 3.8) is 0 Å². The highest BCUT2D eigenvalue weighted by atomic mass is 16.5. The third-order valence-electron chi connectivity index (χ3n) is 3.41. The van der Waals surface area contributed by atoms with Crippen LogP contribution < -0.4 is 5.73 Å². The number of hydrogen-bond donors (Lipinski definition) is 1. The molecule has 0 radical (unpaired) electrons. The number of aromatic nitrogens is 1. The maximum Gasteiger partial charge on any atom is 0.128 e. The molecule has 0 amide bonds. The fraction of sp³-hybridized carbons (Fsp3) is 0.615. The molecule has 2 rings (SSSR count). The molecule has 3 nitrogen and oxygen atoms in total. The Morgan fingerprint density at radius 3 is 3.00 bits per heavy atom. The van der Waals surface area contributed by atoms with Gasteiger partial charge in [0.1, 0.15) is 5.82 Å². The van der Waals surface area contributed by atoms with E-state index in [1.54, 1.807) is 6.20 Å². The summed E-state index contributed by atoms with van der Waals surface area (Å²) in [6, 6.07) is 3.88. The van der Waals surface area contributed by atoms with Crippen LogP contribution in [0.2, 0.25) is 0 Å². The highest BCUT2D eigenvalue weighted by Crippen LogP contribution is 2.27. The molecule has 0 aromatic carbocycles. The van der Waals surface area contributed by atoms with Gasteiger partial charge in [-0.05, 0) is 24.8 Å². The second-order valence-corrected chi connectivity index (χ2v) is 4.66. The molecule has 1 aliphatic carbocycles. The molecule has 88 valence electrons. The lowest BCUT2D eigenvalue weighted by atomic mass is 9.88. The summed E-state index contributed by atoms with van der Waals surface area (Å²) in [5, 5.41) is 0. The van der Waals surface area contributed by atoms with Crippen molar-refractivity contribution in [3.8, 4) is 0 Å². The van der Waals surface area contributed by atoms with Crippen LogP contribution in [0.1, 0.15) is 38.2 Å². The van der Waals surface area contributed by atoms with Crippen LogP contribution in [0.15, 0.2) is 18.3 Å². The quantitative estimate of drug-likeness (QED) is 0.852. The molecule has 0 aliphatic heterocycles. The second kappa shape index (κ2) is 5.30. The zero-order valence-electron chi connectivity index (χ0n) is 9.86. The van der Waals surface area contributed by atoms with Crippen molar-refractivity contribution < 1.29 is 4.74 Å². The summed E-state index contributed by atoms with van der Waals surface area (Å²) in [7, 11) is 0. The van der Waals surface area contributed by atoms with Crippen LogP contribution in [-0.2, 0) is 11.3 Å². The van der Waals surface area contributed by atoms with Gasteiger partial charge in [-0.2, -0.15) is 0 Å².